The molecule has 2 aromatic carbocycles. The highest BCUT2D eigenvalue weighted by atomic mass is 79.9. The van der Waals surface area contributed by atoms with Crippen LogP contribution in [0.2, 0.25) is 0 Å². The zero-order valence-corrected chi connectivity index (χ0v) is 13.1. The average Bonchev–Trinajstić information content (AvgIpc) is 2.87. The number of aryl methyl sites for hydroxylation is 1. The van der Waals surface area contributed by atoms with Gasteiger partial charge >= 0.3 is 0 Å². The minimum Gasteiger partial charge on any atom is -0.497 e. The van der Waals surface area contributed by atoms with Crippen molar-refractivity contribution in [2.75, 3.05) is 7.11 Å². The molecule has 0 spiro atoms. The first-order valence-electron chi connectivity index (χ1n) is 6.91. The van der Waals surface area contributed by atoms with E-state index in [0.29, 0.717) is 6.04 Å². The molecular weight excluding hydrogens is 314 g/mol. The number of rotatable bonds is 4. The standard InChI is InChI=1S/C17H18BrNO/c1-20-15-7-5-13-6-8-17(16(13)10-15)19-11-12-3-2-4-14(18)9-12/h2-5,7,9-10,17,19H,6,8,11H2,1H3. The molecule has 1 unspecified atom stereocenters. The predicted molar refractivity (Wildman–Crippen MR) is 85.0 cm³/mol. The zero-order chi connectivity index (χ0) is 13.9. The van der Waals surface area contributed by atoms with E-state index in [1.807, 2.05) is 0 Å². The van der Waals surface area contributed by atoms with Gasteiger partial charge in [0, 0.05) is 17.1 Å². The van der Waals surface area contributed by atoms with Crippen LogP contribution in [0.15, 0.2) is 46.9 Å². The Labute approximate surface area is 128 Å². The van der Waals surface area contributed by atoms with E-state index in [4.69, 9.17) is 4.74 Å². The van der Waals surface area contributed by atoms with Gasteiger partial charge in [-0.15, -0.1) is 0 Å². The lowest BCUT2D eigenvalue weighted by atomic mass is 10.1. The van der Waals surface area contributed by atoms with Crippen molar-refractivity contribution in [3.63, 3.8) is 0 Å². The molecule has 20 heavy (non-hydrogen) atoms. The van der Waals surface area contributed by atoms with E-state index in [-0.39, 0.29) is 0 Å². The zero-order valence-electron chi connectivity index (χ0n) is 11.5. The molecule has 0 saturated heterocycles. The summed E-state index contributed by atoms with van der Waals surface area (Å²) in [5.74, 6) is 0.944. The Morgan fingerprint density at radius 1 is 1.25 bits per heavy atom. The van der Waals surface area contributed by atoms with Gasteiger partial charge in [0.05, 0.1) is 7.11 Å². The summed E-state index contributed by atoms with van der Waals surface area (Å²) in [5.41, 5.74) is 4.13. The van der Waals surface area contributed by atoms with Gasteiger partial charge in [0.15, 0.2) is 0 Å². The van der Waals surface area contributed by atoms with Gasteiger partial charge in [0.1, 0.15) is 5.75 Å². The Balaban J connectivity index is 1.72. The van der Waals surface area contributed by atoms with Crippen LogP contribution in [0, 0.1) is 0 Å². The smallest absolute Gasteiger partial charge is 0.119 e. The number of hydrogen-bond donors (Lipinski definition) is 1. The summed E-state index contributed by atoms with van der Waals surface area (Å²) in [6.07, 6.45) is 2.31. The number of fused-ring (bicyclic) bond motifs is 1. The highest BCUT2D eigenvalue weighted by Gasteiger charge is 2.22. The summed E-state index contributed by atoms with van der Waals surface area (Å²) in [7, 11) is 1.72. The summed E-state index contributed by atoms with van der Waals surface area (Å²) in [4.78, 5) is 0. The Kier molecular flexibility index (Phi) is 4.08. The van der Waals surface area contributed by atoms with Crippen molar-refractivity contribution >= 4 is 15.9 Å². The quantitative estimate of drug-likeness (QED) is 0.904. The lowest BCUT2D eigenvalue weighted by molar-refractivity contribution is 0.413. The minimum atomic E-state index is 0.430. The second kappa shape index (κ2) is 5.98. The van der Waals surface area contributed by atoms with E-state index in [0.717, 1.165) is 29.6 Å². The Morgan fingerprint density at radius 3 is 2.95 bits per heavy atom. The van der Waals surface area contributed by atoms with E-state index >= 15 is 0 Å². The van der Waals surface area contributed by atoms with Crippen molar-refractivity contribution in [1.82, 2.24) is 5.32 Å². The predicted octanol–water partition coefficient (Wildman–Crippen LogP) is 4.23. The van der Waals surface area contributed by atoms with Gasteiger partial charge in [-0.25, -0.2) is 0 Å². The number of hydrogen-bond acceptors (Lipinski definition) is 2. The molecule has 0 amide bonds. The highest BCUT2D eigenvalue weighted by Crippen LogP contribution is 2.33. The monoisotopic (exact) mass is 331 g/mol. The Morgan fingerprint density at radius 2 is 2.15 bits per heavy atom. The molecule has 2 nitrogen and oxygen atoms in total. The van der Waals surface area contributed by atoms with Crippen LogP contribution < -0.4 is 10.1 Å². The average molecular weight is 332 g/mol. The van der Waals surface area contributed by atoms with Crippen molar-refractivity contribution in [1.29, 1.82) is 0 Å². The van der Waals surface area contributed by atoms with Gasteiger partial charge in [0.25, 0.3) is 0 Å². The fraction of sp³-hybridized carbons (Fsp3) is 0.294. The van der Waals surface area contributed by atoms with Gasteiger partial charge in [-0.2, -0.15) is 0 Å². The van der Waals surface area contributed by atoms with Crippen LogP contribution in [0.3, 0.4) is 0 Å². The van der Waals surface area contributed by atoms with Crippen molar-refractivity contribution in [2.45, 2.75) is 25.4 Å². The molecule has 1 N–H and O–H groups in total. The summed E-state index contributed by atoms with van der Waals surface area (Å²) < 4.78 is 6.46. The van der Waals surface area contributed by atoms with Crippen LogP contribution in [0.5, 0.6) is 5.75 Å². The van der Waals surface area contributed by atoms with Crippen LogP contribution in [-0.4, -0.2) is 7.11 Å². The van der Waals surface area contributed by atoms with E-state index in [9.17, 15) is 0 Å². The van der Waals surface area contributed by atoms with E-state index < -0.39 is 0 Å². The maximum Gasteiger partial charge on any atom is 0.119 e. The molecular formula is C17H18BrNO. The first-order chi connectivity index (χ1) is 9.76. The molecule has 0 radical (unpaired) electrons. The molecule has 0 saturated carbocycles. The van der Waals surface area contributed by atoms with E-state index in [1.165, 1.54) is 16.7 Å². The van der Waals surface area contributed by atoms with Gasteiger partial charge in [-0.3, -0.25) is 0 Å². The first-order valence-corrected chi connectivity index (χ1v) is 7.70. The third-order valence-electron chi connectivity index (χ3n) is 3.87. The SMILES string of the molecule is COc1ccc2c(c1)C(NCc1cccc(Br)c1)CC2. The second-order valence-corrected chi connectivity index (χ2v) is 6.08. The van der Waals surface area contributed by atoms with Gasteiger partial charge in [0.2, 0.25) is 0 Å². The summed E-state index contributed by atoms with van der Waals surface area (Å²) in [5, 5.41) is 3.66. The van der Waals surface area contributed by atoms with E-state index in [2.05, 4.69) is 63.7 Å². The van der Waals surface area contributed by atoms with Gasteiger partial charge in [-0.1, -0.05) is 34.1 Å². The van der Waals surface area contributed by atoms with Crippen LogP contribution in [0.25, 0.3) is 0 Å². The van der Waals surface area contributed by atoms with Gasteiger partial charge < -0.3 is 10.1 Å². The molecule has 1 atom stereocenters. The normalized spacial score (nSPS) is 17.0. The molecule has 0 aliphatic heterocycles. The molecule has 3 heteroatoms. The Bertz CT molecular complexity index is 612. The van der Waals surface area contributed by atoms with Crippen molar-refractivity contribution in [2.24, 2.45) is 0 Å². The Hall–Kier alpha value is -1.32. The van der Waals surface area contributed by atoms with Crippen molar-refractivity contribution in [3.05, 3.63) is 63.6 Å². The maximum absolute atomic E-state index is 5.33. The van der Waals surface area contributed by atoms with Crippen molar-refractivity contribution < 1.29 is 4.74 Å². The molecule has 0 aromatic heterocycles. The third kappa shape index (κ3) is 2.89. The van der Waals surface area contributed by atoms with Gasteiger partial charge in [-0.05, 0) is 53.8 Å². The minimum absolute atomic E-state index is 0.430. The summed E-state index contributed by atoms with van der Waals surface area (Å²) in [6.45, 7) is 0.890. The first kappa shape index (κ1) is 13.7. The molecule has 0 heterocycles. The number of methoxy groups -OCH3 is 1. The fourth-order valence-corrected chi connectivity index (χ4v) is 3.25. The topological polar surface area (TPSA) is 21.3 Å². The number of halogens is 1. The van der Waals surface area contributed by atoms with Crippen molar-refractivity contribution in [3.8, 4) is 5.75 Å². The van der Waals surface area contributed by atoms with Crippen LogP contribution >= 0.6 is 15.9 Å². The summed E-state index contributed by atoms with van der Waals surface area (Å²) in [6, 6.07) is 15.3. The molecule has 3 rings (SSSR count). The molecule has 1 aliphatic rings. The lowest BCUT2D eigenvalue weighted by Gasteiger charge is -2.15. The molecule has 0 fully saturated rings. The second-order valence-electron chi connectivity index (χ2n) is 5.17. The third-order valence-corrected chi connectivity index (χ3v) is 4.37. The number of nitrogens with one attached hydrogen (secondary N) is 1. The van der Waals surface area contributed by atoms with E-state index in [1.54, 1.807) is 7.11 Å². The maximum atomic E-state index is 5.33. The molecule has 104 valence electrons. The number of ether oxygens (including phenoxy) is 1. The lowest BCUT2D eigenvalue weighted by Crippen LogP contribution is -2.18. The van der Waals surface area contributed by atoms with Crippen LogP contribution in [0.4, 0.5) is 0 Å². The fourth-order valence-electron chi connectivity index (χ4n) is 2.81. The molecule has 2 aromatic rings. The van der Waals surface area contributed by atoms with Crippen LogP contribution in [0.1, 0.15) is 29.2 Å². The van der Waals surface area contributed by atoms with Crippen LogP contribution in [-0.2, 0) is 13.0 Å². The molecule has 1 aliphatic carbocycles. The molecule has 0 bridgehead atoms. The summed E-state index contributed by atoms with van der Waals surface area (Å²) >= 11 is 3.52. The highest BCUT2D eigenvalue weighted by molar-refractivity contribution is 9.10. The number of benzene rings is 2. The largest absolute Gasteiger partial charge is 0.497 e.